The van der Waals surface area contributed by atoms with Crippen molar-refractivity contribution in [3.05, 3.63) is 0 Å². The van der Waals surface area contributed by atoms with E-state index in [1.807, 2.05) is 0 Å². The van der Waals surface area contributed by atoms with Crippen molar-refractivity contribution in [1.29, 1.82) is 0 Å². The van der Waals surface area contributed by atoms with Crippen LogP contribution in [0.4, 0.5) is 0 Å². The van der Waals surface area contributed by atoms with Crippen molar-refractivity contribution in [3.8, 4) is 0 Å². The van der Waals surface area contributed by atoms with Crippen molar-refractivity contribution in [2.75, 3.05) is 33.3 Å². The van der Waals surface area contributed by atoms with E-state index < -0.39 is 0 Å². The first-order valence-corrected chi connectivity index (χ1v) is 17.8. The van der Waals surface area contributed by atoms with Gasteiger partial charge >= 0.3 is 5.97 Å². The van der Waals surface area contributed by atoms with Gasteiger partial charge in [-0.1, -0.05) is 149 Å². The summed E-state index contributed by atoms with van der Waals surface area (Å²) in [6, 6.07) is 0. The first-order valence-electron chi connectivity index (χ1n) is 17.8. The van der Waals surface area contributed by atoms with Crippen LogP contribution in [-0.4, -0.2) is 45.2 Å². The van der Waals surface area contributed by atoms with E-state index in [-0.39, 0.29) is 24.3 Å². The number of amides is 1. The predicted octanol–water partition coefficient (Wildman–Crippen LogP) is 5.35. The largest absolute Gasteiger partial charge is 1.00 e. The molecule has 0 aromatic carbocycles. The Bertz CT molecular complexity index is 548. The summed E-state index contributed by atoms with van der Waals surface area (Å²) in [7, 11) is 2.11. The van der Waals surface area contributed by atoms with E-state index in [1.54, 1.807) is 0 Å². The minimum absolute atomic E-state index is 0. The molecule has 0 rings (SSSR count). The summed E-state index contributed by atoms with van der Waals surface area (Å²) >= 11 is 0. The molecule has 0 aromatic heterocycles. The maximum atomic E-state index is 12.1. The number of carbonyl (C=O) groups is 2. The molecule has 0 heterocycles. The number of nitrogens with one attached hydrogen (secondary N) is 2. The number of likely N-dealkylation sites (N-methyl/N-ethyl adjacent to an activating group) is 1. The predicted molar refractivity (Wildman–Crippen MR) is 172 cm³/mol. The Morgan fingerprint density at radius 3 is 1.46 bits per heavy atom. The average Bonchev–Trinajstić information content (AvgIpc) is 2.94. The minimum atomic E-state index is -0.0547. The standard InChI is InChI=1S/C35H70N2O3.ClH/c1-4-6-8-10-12-14-16-18-20-22-24-26-30-36-34(38)28-27-31-37(3)32-33-40-35(39)29-25-23-21-19-17-15-13-11-9-7-5-2;/h4-33H2,1-3H3,(H,36,38);1H/q+1;. The number of ether oxygens (including phenoxy) is 1. The third-order valence-electron chi connectivity index (χ3n) is 8.14. The zero-order chi connectivity index (χ0) is 29.4. The van der Waals surface area contributed by atoms with E-state index in [0.29, 0.717) is 19.4 Å². The molecule has 0 aliphatic rings. The third kappa shape index (κ3) is 35.3. The summed E-state index contributed by atoms with van der Waals surface area (Å²) in [6.07, 6.45) is 32.3. The highest BCUT2D eigenvalue weighted by Gasteiger charge is 2.17. The molecule has 2 N–H and O–H groups in total. The normalized spacial score (nSPS) is 11.7. The second-order valence-electron chi connectivity index (χ2n) is 12.3. The van der Waals surface area contributed by atoms with E-state index in [2.05, 4.69) is 26.2 Å². The van der Waals surface area contributed by atoms with Crippen molar-refractivity contribution in [3.63, 3.8) is 0 Å². The summed E-state index contributed by atoms with van der Waals surface area (Å²) in [5.74, 6) is 0.121. The summed E-state index contributed by atoms with van der Waals surface area (Å²) in [4.78, 5) is 25.4. The van der Waals surface area contributed by atoms with Crippen LogP contribution < -0.4 is 22.6 Å². The second kappa shape index (κ2) is 35.4. The van der Waals surface area contributed by atoms with Gasteiger partial charge in [0.1, 0.15) is 13.0 Å². The molecule has 6 heteroatoms. The molecule has 5 nitrogen and oxygen atoms in total. The van der Waals surface area contributed by atoms with Gasteiger partial charge in [-0.25, -0.2) is 0 Å². The van der Waals surface area contributed by atoms with Crippen molar-refractivity contribution < 1.29 is 31.6 Å². The molecule has 0 saturated heterocycles. The second-order valence-corrected chi connectivity index (χ2v) is 12.3. The number of quaternary nitrogens is 1. The van der Waals surface area contributed by atoms with Crippen LogP contribution in [0, 0.1) is 0 Å². The molecule has 1 amide bonds. The van der Waals surface area contributed by atoms with E-state index >= 15 is 0 Å². The molecule has 1 atom stereocenters. The molecule has 41 heavy (non-hydrogen) atoms. The summed E-state index contributed by atoms with van der Waals surface area (Å²) < 4.78 is 5.42. The molecule has 0 fully saturated rings. The van der Waals surface area contributed by atoms with Crippen molar-refractivity contribution in [2.45, 2.75) is 181 Å². The lowest BCUT2D eigenvalue weighted by atomic mass is 10.1. The van der Waals surface area contributed by atoms with Crippen molar-refractivity contribution in [1.82, 2.24) is 5.32 Å². The fourth-order valence-electron chi connectivity index (χ4n) is 5.30. The molecule has 0 bridgehead atoms. The topological polar surface area (TPSA) is 62.7 Å². The number of esters is 1. The quantitative estimate of drug-likeness (QED) is 0.0620. The molecule has 0 saturated carbocycles. The van der Waals surface area contributed by atoms with Gasteiger partial charge in [0.2, 0.25) is 12.5 Å². The molecule has 0 aliphatic heterocycles. The van der Waals surface area contributed by atoms with Crippen LogP contribution in [0.25, 0.3) is 0 Å². The highest BCUT2D eigenvalue weighted by Crippen LogP contribution is 2.13. The molecule has 0 aliphatic carbocycles. The number of rotatable bonds is 32. The monoisotopic (exact) mass is 603 g/mol. The molecule has 245 valence electrons. The zero-order valence-corrected chi connectivity index (χ0v) is 28.6. The Kier molecular flexibility index (Phi) is 36.5. The van der Waals surface area contributed by atoms with Crippen LogP contribution in [0.3, 0.4) is 0 Å². The Morgan fingerprint density at radius 1 is 0.585 bits per heavy atom. The van der Waals surface area contributed by atoms with Crippen LogP contribution in [0.2, 0.25) is 0 Å². The van der Waals surface area contributed by atoms with Gasteiger partial charge in [-0.05, 0) is 12.8 Å². The van der Waals surface area contributed by atoms with Gasteiger partial charge in [0.15, 0.2) is 0 Å². The van der Waals surface area contributed by atoms with E-state index in [9.17, 15) is 9.59 Å². The number of unbranched alkanes of at least 4 members (excludes halogenated alkanes) is 21. The third-order valence-corrected chi connectivity index (χ3v) is 8.14. The lowest BCUT2D eigenvalue weighted by molar-refractivity contribution is -0.880. The molecule has 1 unspecified atom stereocenters. The van der Waals surface area contributed by atoms with Gasteiger partial charge in [0.25, 0.3) is 0 Å². The molecular weight excluding hydrogens is 532 g/mol. The number of hydrogen-bond donors (Lipinski definition) is 2. The van der Waals surface area contributed by atoms with Gasteiger partial charge in [0.05, 0.1) is 13.6 Å². The van der Waals surface area contributed by atoms with Gasteiger partial charge in [-0.15, -0.1) is 0 Å². The number of carbonyl (C=O) groups excluding carboxylic acids is 2. The number of hydrogen-bond acceptors (Lipinski definition) is 3. The fourth-order valence-corrected chi connectivity index (χ4v) is 5.30. The van der Waals surface area contributed by atoms with Crippen molar-refractivity contribution in [2.24, 2.45) is 0 Å². The first-order chi connectivity index (χ1) is 19.6. The Labute approximate surface area is 262 Å². The highest BCUT2D eigenvalue weighted by atomic mass is 35.5. The van der Waals surface area contributed by atoms with Crippen LogP contribution in [-0.2, 0) is 14.3 Å². The Morgan fingerprint density at radius 2 is 1.00 bits per heavy atom. The fraction of sp³-hybridized carbons (Fsp3) is 0.943. The molecule has 1 radical (unpaired) electrons. The summed E-state index contributed by atoms with van der Waals surface area (Å²) in [5.41, 5.74) is 0. The lowest BCUT2D eigenvalue weighted by Crippen LogP contribution is -3.09. The summed E-state index contributed by atoms with van der Waals surface area (Å²) in [5, 5.41) is 3.08. The Hall–Kier alpha value is -0.810. The van der Waals surface area contributed by atoms with Gasteiger partial charge in [-0.2, -0.15) is 0 Å². The Balaban J connectivity index is 0. The minimum Gasteiger partial charge on any atom is -1.00 e. The molecular formula is C35H71ClN2O3+. The van der Waals surface area contributed by atoms with E-state index in [1.165, 1.54) is 133 Å². The van der Waals surface area contributed by atoms with E-state index in [4.69, 9.17) is 4.74 Å². The number of halogens is 1. The highest BCUT2D eigenvalue weighted by molar-refractivity contribution is 5.75. The average molecular weight is 603 g/mol. The van der Waals surface area contributed by atoms with Crippen LogP contribution in [0.5, 0.6) is 0 Å². The maximum Gasteiger partial charge on any atom is 0.574 e. The van der Waals surface area contributed by atoms with Gasteiger partial charge in [-0.3, -0.25) is 4.79 Å². The van der Waals surface area contributed by atoms with Crippen LogP contribution in [0.1, 0.15) is 181 Å². The van der Waals surface area contributed by atoms with Crippen molar-refractivity contribution >= 4 is 11.9 Å². The van der Waals surface area contributed by atoms with Crippen LogP contribution >= 0.6 is 0 Å². The molecule has 0 spiro atoms. The molecule has 0 aromatic rings. The maximum absolute atomic E-state index is 12.1. The van der Waals surface area contributed by atoms with Gasteiger partial charge in [0, 0.05) is 24.2 Å². The first kappa shape index (κ1) is 42.3. The zero-order valence-electron chi connectivity index (χ0n) is 27.8. The van der Waals surface area contributed by atoms with Crippen LogP contribution in [0.15, 0.2) is 0 Å². The smallest absolute Gasteiger partial charge is 0.574 e. The summed E-state index contributed by atoms with van der Waals surface area (Å²) in [6.45, 7) is 7.57. The lowest BCUT2D eigenvalue weighted by Gasteiger charge is -2.11. The van der Waals surface area contributed by atoms with E-state index in [0.717, 1.165) is 45.3 Å². The van der Waals surface area contributed by atoms with Gasteiger partial charge < -0.3 is 27.4 Å². The SMILES string of the molecule is CCCCCCCCCCCCCCNC(=O)CCC[NH+](C)CCOC(=[O+])CCCCCCCCCCCCC.[Cl-].